The number of hydrogen-bond acceptors (Lipinski definition) is 3. The van der Waals surface area contributed by atoms with Gasteiger partial charge in [0.15, 0.2) is 0 Å². The molecule has 0 radical (unpaired) electrons. The highest BCUT2D eigenvalue weighted by Gasteiger charge is 2.32. The highest BCUT2D eigenvalue weighted by molar-refractivity contribution is 9.10. The van der Waals surface area contributed by atoms with Gasteiger partial charge in [-0.3, -0.25) is 0 Å². The van der Waals surface area contributed by atoms with E-state index < -0.39 is 17.7 Å². The Morgan fingerprint density at radius 3 is 2.53 bits per heavy atom. The SMILES string of the molecule is COC(=O)c1cc(C(F)(F)F)cc(Br)n1. The first-order valence-corrected chi connectivity index (χ1v) is 4.47. The molecule has 1 aromatic heterocycles. The molecule has 0 aliphatic heterocycles. The van der Waals surface area contributed by atoms with E-state index in [1.807, 2.05) is 0 Å². The average molecular weight is 284 g/mol. The lowest BCUT2D eigenvalue weighted by atomic mass is 10.2. The molecule has 0 spiro atoms. The minimum Gasteiger partial charge on any atom is -0.464 e. The Morgan fingerprint density at radius 2 is 2.07 bits per heavy atom. The van der Waals surface area contributed by atoms with Gasteiger partial charge in [0.25, 0.3) is 0 Å². The third-order valence-corrected chi connectivity index (χ3v) is 1.92. The fourth-order valence-corrected chi connectivity index (χ4v) is 1.31. The number of esters is 1. The van der Waals surface area contributed by atoms with Gasteiger partial charge in [0.2, 0.25) is 0 Å². The quantitative estimate of drug-likeness (QED) is 0.588. The van der Waals surface area contributed by atoms with E-state index in [1.165, 1.54) is 0 Å². The predicted octanol–water partition coefficient (Wildman–Crippen LogP) is 2.65. The third kappa shape index (κ3) is 2.92. The Hall–Kier alpha value is -1.11. The second-order valence-electron chi connectivity index (χ2n) is 2.55. The molecule has 15 heavy (non-hydrogen) atoms. The lowest BCUT2D eigenvalue weighted by Gasteiger charge is -2.08. The summed E-state index contributed by atoms with van der Waals surface area (Å²) >= 11 is 2.78. The molecule has 1 heterocycles. The second-order valence-corrected chi connectivity index (χ2v) is 3.37. The minimum absolute atomic E-state index is 0.0716. The summed E-state index contributed by atoms with van der Waals surface area (Å²) in [6.45, 7) is 0. The Balaban J connectivity index is 3.23. The van der Waals surface area contributed by atoms with E-state index in [-0.39, 0.29) is 10.3 Å². The number of carbonyl (C=O) groups is 1. The summed E-state index contributed by atoms with van der Waals surface area (Å²) in [7, 11) is 1.07. The third-order valence-electron chi connectivity index (χ3n) is 1.52. The van der Waals surface area contributed by atoms with Crippen molar-refractivity contribution in [2.75, 3.05) is 7.11 Å². The molecule has 0 aromatic carbocycles. The van der Waals surface area contributed by atoms with Crippen LogP contribution in [0.3, 0.4) is 0 Å². The summed E-state index contributed by atoms with van der Waals surface area (Å²) < 4.78 is 41.1. The first kappa shape index (κ1) is 12.0. The van der Waals surface area contributed by atoms with Crippen molar-refractivity contribution in [2.45, 2.75) is 6.18 Å². The molecule has 0 aliphatic rings. The zero-order valence-corrected chi connectivity index (χ0v) is 9.02. The van der Waals surface area contributed by atoms with Crippen LogP contribution in [0.15, 0.2) is 16.7 Å². The number of methoxy groups -OCH3 is 1. The number of aromatic nitrogens is 1. The molecule has 0 unspecified atom stereocenters. The molecule has 0 saturated carbocycles. The number of alkyl halides is 3. The van der Waals surface area contributed by atoms with Crippen LogP contribution in [-0.2, 0) is 10.9 Å². The fourth-order valence-electron chi connectivity index (χ4n) is 0.870. The van der Waals surface area contributed by atoms with Crippen LogP contribution in [-0.4, -0.2) is 18.1 Å². The number of hydrogen-bond donors (Lipinski definition) is 0. The molecule has 1 rings (SSSR count). The maximum absolute atomic E-state index is 12.3. The zero-order chi connectivity index (χ0) is 11.6. The van der Waals surface area contributed by atoms with Crippen LogP contribution >= 0.6 is 15.9 Å². The number of pyridine rings is 1. The van der Waals surface area contributed by atoms with Crippen molar-refractivity contribution in [3.8, 4) is 0 Å². The molecular weight excluding hydrogens is 279 g/mol. The van der Waals surface area contributed by atoms with E-state index in [0.29, 0.717) is 6.07 Å². The molecule has 0 fully saturated rings. The number of nitrogens with zero attached hydrogens (tertiary/aromatic N) is 1. The highest BCUT2D eigenvalue weighted by atomic mass is 79.9. The molecular formula is C8H5BrF3NO2. The number of halogens is 4. The number of rotatable bonds is 1. The maximum Gasteiger partial charge on any atom is 0.416 e. The predicted molar refractivity (Wildman–Crippen MR) is 48.3 cm³/mol. The van der Waals surface area contributed by atoms with E-state index in [2.05, 4.69) is 25.7 Å². The lowest BCUT2D eigenvalue weighted by molar-refractivity contribution is -0.137. The monoisotopic (exact) mass is 283 g/mol. The molecule has 0 N–H and O–H groups in total. The van der Waals surface area contributed by atoms with E-state index >= 15 is 0 Å². The summed E-state index contributed by atoms with van der Waals surface area (Å²) in [4.78, 5) is 14.5. The summed E-state index contributed by atoms with van der Waals surface area (Å²) in [5.41, 5.74) is -1.34. The van der Waals surface area contributed by atoms with Crippen molar-refractivity contribution in [1.82, 2.24) is 4.98 Å². The molecule has 0 aliphatic carbocycles. The summed E-state index contributed by atoms with van der Waals surface area (Å²) in [5, 5.41) is 0. The zero-order valence-electron chi connectivity index (χ0n) is 7.43. The minimum atomic E-state index is -4.52. The van der Waals surface area contributed by atoms with Crippen LogP contribution in [0.1, 0.15) is 16.1 Å². The van der Waals surface area contributed by atoms with Crippen LogP contribution in [0.4, 0.5) is 13.2 Å². The van der Waals surface area contributed by atoms with E-state index in [1.54, 1.807) is 0 Å². The van der Waals surface area contributed by atoms with Gasteiger partial charge in [-0.1, -0.05) is 0 Å². The van der Waals surface area contributed by atoms with Crippen molar-refractivity contribution >= 4 is 21.9 Å². The van der Waals surface area contributed by atoms with Gasteiger partial charge in [-0.25, -0.2) is 9.78 Å². The molecule has 7 heteroatoms. The largest absolute Gasteiger partial charge is 0.464 e. The van der Waals surface area contributed by atoms with Crippen LogP contribution in [0.25, 0.3) is 0 Å². The Labute approximate surface area is 91.4 Å². The van der Waals surface area contributed by atoms with Gasteiger partial charge in [-0.05, 0) is 28.1 Å². The van der Waals surface area contributed by atoms with Crippen molar-refractivity contribution < 1.29 is 22.7 Å². The van der Waals surface area contributed by atoms with Gasteiger partial charge in [-0.2, -0.15) is 13.2 Å². The van der Waals surface area contributed by atoms with E-state index in [4.69, 9.17) is 0 Å². The molecule has 0 atom stereocenters. The Morgan fingerprint density at radius 1 is 1.47 bits per heavy atom. The first-order chi connectivity index (χ1) is 6.84. The van der Waals surface area contributed by atoms with Crippen molar-refractivity contribution in [3.05, 3.63) is 28.0 Å². The first-order valence-electron chi connectivity index (χ1n) is 3.67. The molecule has 0 saturated heterocycles. The van der Waals surface area contributed by atoms with Crippen molar-refractivity contribution in [3.63, 3.8) is 0 Å². The number of ether oxygens (including phenoxy) is 1. The topological polar surface area (TPSA) is 39.2 Å². The Kier molecular flexibility index (Phi) is 3.33. The summed E-state index contributed by atoms with van der Waals surface area (Å²) in [6.07, 6.45) is -4.52. The molecule has 0 amide bonds. The maximum atomic E-state index is 12.3. The lowest BCUT2D eigenvalue weighted by Crippen LogP contribution is -2.10. The van der Waals surface area contributed by atoms with Gasteiger partial charge in [0.05, 0.1) is 12.7 Å². The smallest absolute Gasteiger partial charge is 0.416 e. The van der Waals surface area contributed by atoms with Crippen LogP contribution in [0.2, 0.25) is 0 Å². The van der Waals surface area contributed by atoms with Crippen LogP contribution < -0.4 is 0 Å². The Bertz CT molecular complexity index is 392. The molecule has 1 aromatic rings. The second kappa shape index (κ2) is 4.18. The molecule has 0 bridgehead atoms. The number of carbonyl (C=O) groups excluding carboxylic acids is 1. The average Bonchev–Trinajstić information content (AvgIpc) is 2.14. The van der Waals surface area contributed by atoms with Crippen LogP contribution in [0.5, 0.6) is 0 Å². The van der Waals surface area contributed by atoms with Gasteiger partial charge in [-0.15, -0.1) is 0 Å². The summed E-state index contributed by atoms with van der Waals surface area (Å²) in [6, 6.07) is 1.42. The molecule has 3 nitrogen and oxygen atoms in total. The van der Waals surface area contributed by atoms with Gasteiger partial charge in [0.1, 0.15) is 10.3 Å². The molecule has 82 valence electrons. The standard InChI is InChI=1S/C8H5BrF3NO2/c1-15-7(14)5-2-4(8(10,11)12)3-6(9)13-5/h2-3H,1H3. The summed E-state index contributed by atoms with van der Waals surface area (Å²) in [5.74, 6) is -0.915. The van der Waals surface area contributed by atoms with Gasteiger partial charge >= 0.3 is 12.1 Å². The fraction of sp³-hybridized carbons (Fsp3) is 0.250. The van der Waals surface area contributed by atoms with Gasteiger partial charge < -0.3 is 4.74 Å². The highest BCUT2D eigenvalue weighted by Crippen LogP contribution is 2.30. The van der Waals surface area contributed by atoms with Crippen molar-refractivity contribution in [1.29, 1.82) is 0 Å². The van der Waals surface area contributed by atoms with Crippen LogP contribution in [0, 0.1) is 0 Å². The van der Waals surface area contributed by atoms with E-state index in [0.717, 1.165) is 13.2 Å². The van der Waals surface area contributed by atoms with Gasteiger partial charge in [0, 0.05) is 0 Å². The normalized spacial score (nSPS) is 11.3. The van der Waals surface area contributed by atoms with E-state index in [9.17, 15) is 18.0 Å². The van der Waals surface area contributed by atoms with Crippen molar-refractivity contribution in [2.24, 2.45) is 0 Å².